The minimum atomic E-state index is -0.354. The molecule has 0 saturated carbocycles. The molecule has 1 heterocycles. The molecule has 4 nitrogen and oxygen atoms in total. The van der Waals surface area contributed by atoms with Gasteiger partial charge in [-0.15, -0.1) is 0 Å². The molecule has 82 valence electrons. The summed E-state index contributed by atoms with van der Waals surface area (Å²) in [5.41, 5.74) is 1.98. The van der Waals surface area contributed by atoms with E-state index in [2.05, 4.69) is 9.72 Å². The Morgan fingerprint density at radius 2 is 2.19 bits per heavy atom. The minimum Gasteiger partial charge on any atom is -0.469 e. The van der Waals surface area contributed by atoms with Crippen molar-refractivity contribution in [3.8, 4) is 0 Å². The molecular weight excluding hydrogens is 206 g/mol. The Morgan fingerprint density at radius 1 is 1.44 bits per heavy atom. The van der Waals surface area contributed by atoms with Crippen LogP contribution in [0.5, 0.6) is 0 Å². The number of esters is 1. The van der Waals surface area contributed by atoms with Gasteiger partial charge in [0.05, 0.1) is 19.2 Å². The lowest BCUT2D eigenvalue weighted by Crippen LogP contribution is -2.05. The van der Waals surface area contributed by atoms with Gasteiger partial charge in [-0.3, -0.25) is 9.59 Å². The molecule has 16 heavy (non-hydrogen) atoms. The number of ether oxygens (including phenoxy) is 1. The highest BCUT2D eigenvalue weighted by molar-refractivity contribution is 5.95. The lowest BCUT2D eigenvalue weighted by Gasteiger charge is -1.98. The number of carbonyl (C=O) groups excluding carboxylic acids is 2. The summed E-state index contributed by atoms with van der Waals surface area (Å²) in [4.78, 5) is 25.1. The van der Waals surface area contributed by atoms with Crippen LogP contribution in [0.15, 0.2) is 24.3 Å². The van der Waals surface area contributed by atoms with Gasteiger partial charge in [0.1, 0.15) is 0 Å². The van der Waals surface area contributed by atoms with Crippen LogP contribution in [-0.2, 0) is 16.0 Å². The van der Waals surface area contributed by atoms with E-state index in [1.165, 1.54) is 7.11 Å². The molecule has 2 aromatic rings. The van der Waals surface area contributed by atoms with Crippen molar-refractivity contribution in [1.82, 2.24) is 4.98 Å². The summed E-state index contributed by atoms with van der Waals surface area (Å²) in [6, 6.07) is 7.47. The fourth-order valence-electron chi connectivity index (χ4n) is 1.73. The van der Waals surface area contributed by atoms with Crippen LogP contribution in [0.1, 0.15) is 16.1 Å². The molecule has 0 radical (unpaired) electrons. The smallest absolute Gasteiger partial charge is 0.310 e. The second kappa shape index (κ2) is 4.18. The lowest BCUT2D eigenvalue weighted by molar-refractivity contribution is -0.139. The predicted octanol–water partition coefficient (Wildman–Crippen LogP) is 1.70. The van der Waals surface area contributed by atoms with E-state index in [-0.39, 0.29) is 12.4 Å². The van der Waals surface area contributed by atoms with Crippen molar-refractivity contribution >= 4 is 23.2 Å². The second-order valence-electron chi connectivity index (χ2n) is 3.43. The molecule has 0 atom stereocenters. The van der Waals surface area contributed by atoms with Crippen LogP contribution in [0.3, 0.4) is 0 Å². The molecule has 0 fully saturated rings. The number of H-pyrrole nitrogens is 1. The van der Waals surface area contributed by atoms with Crippen LogP contribution >= 0.6 is 0 Å². The predicted molar refractivity (Wildman–Crippen MR) is 59.4 cm³/mol. The molecular formula is C12H11NO3. The fraction of sp³-hybridized carbons (Fsp3) is 0.167. The van der Waals surface area contributed by atoms with E-state index in [4.69, 9.17) is 0 Å². The van der Waals surface area contributed by atoms with Crippen molar-refractivity contribution in [2.45, 2.75) is 6.42 Å². The van der Waals surface area contributed by atoms with Crippen LogP contribution in [0.2, 0.25) is 0 Å². The highest BCUT2D eigenvalue weighted by atomic mass is 16.5. The Bertz CT molecular complexity index is 542. The molecule has 1 aromatic heterocycles. The highest BCUT2D eigenvalue weighted by Gasteiger charge is 2.14. The molecule has 1 N–H and O–H groups in total. The number of benzene rings is 1. The Morgan fingerprint density at radius 3 is 2.88 bits per heavy atom. The van der Waals surface area contributed by atoms with E-state index in [1.54, 1.807) is 0 Å². The monoisotopic (exact) mass is 217 g/mol. The standard InChI is InChI=1S/C12H11NO3/c1-16-12(15)6-9-8-4-2-3-5-10(8)13-11(9)7-14/h2-5,7,13H,6H2,1H3. The second-order valence-corrected chi connectivity index (χ2v) is 3.43. The Labute approximate surface area is 92.2 Å². The molecule has 4 heteroatoms. The van der Waals surface area contributed by atoms with Gasteiger partial charge in [0, 0.05) is 10.9 Å². The summed E-state index contributed by atoms with van der Waals surface area (Å²) >= 11 is 0. The molecule has 0 spiro atoms. The number of aromatic amines is 1. The van der Waals surface area contributed by atoms with Crippen LogP contribution < -0.4 is 0 Å². The number of carbonyl (C=O) groups is 2. The van der Waals surface area contributed by atoms with Crippen molar-refractivity contribution in [3.05, 3.63) is 35.5 Å². The zero-order valence-corrected chi connectivity index (χ0v) is 8.82. The largest absolute Gasteiger partial charge is 0.469 e. The van der Waals surface area contributed by atoms with Crippen LogP contribution in [0.4, 0.5) is 0 Å². The molecule has 0 aliphatic heterocycles. The van der Waals surface area contributed by atoms with Gasteiger partial charge in [-0.05, 0) is 11.6 Å². The van der Waals surface area contributed by atoms with Gasteiger partial charge in [-0.1, -0.05) is 18.2 Å². The molecule has 0 amide bonds. The maximum Gasteiger partial charge on any atom is 0.310 e. The Hall–Kier alpha value is -2.10. The fourth-order valence-corrected chi connectivity index (χ4v) is 1.73. The first-order valence-corrected chi connectivity index (χ1v) is 4.88. The quantitative estimate of drug-likeness (QED) is 0.628. The number of hydrogen-bond acceptors (Lipinski definition) is 3. The summed E-state index contributed by atoms with van der Waals surface area (Å²) in [6.45, 7) is 0. The summed E-state index contributed by atoms with van der Waals surface area (Å²) in [7, 11) is 1.33. The number of para-hydroxylation sites is 1. The van der Waals surface area contributed by atoms with Crippen molar-refractivity contribution in [3.63, 3.8) is 0 Å². The van der Waals surface area contributed by atoms with Gasteiger partial charge < -0.3 is 9.72 Å². The summed E-state index contributed by atoms with van der Waals surface area (Å²) in [5.74, 6) is -0.354. The first-order chi connectivity index (χ1) is 7.76. The van der Waals surface area contributed by atoms with Crippen molar-refractivity contribution in [2.75, 3.05) is 7.11 Å². The molecule has 2 rings (SSSR count). The molecule has 1 aromatic carbocycles. The molecule has 0 unspecified atom stereocenters. The average molecular weight is 217 g/mol. The van der Waals surface area contributed by atoms with Gasteiger partial charge >= 0.3 is 5.97 Å². The third-order valence-electron chi connectivity index (χ3n) is 2.51. The van der Waals surface area contributed by atoms with E-state index < -0.39 is 0 Å². The van der Waals surface area contributed by atoms with E-state index >= 15 is 0 Å². The molecule has 0 bridgehead atoms. The normalized spacial score (nSPS) is 10.3. The lowest BCUT2D eigenvalue weighted by atomic mass is 10.1. The maximum atomic E-state index is 11.2. The number of aldehydes is 1. The highest BCUT2D eigenvalue weighted by Crippen LogP contribution is 2.21. The number of hydrogen-bond donors (Lipinski definition) is 1. The van der Waals surface area contributed by atoms with E-state index in [0.717, 1.165) is 17.2 Å². The van der Waals surface area contributed by atoms with E-state index in [1.807, 2.05) is 24.3 Å². The molecule has 0 aliphatic carbocycles. The van der Waals surface area contributed by atoms with Gasteiger partial charge in [0.15, 0.2) is 6.29 Å². The number of nitrogens with one attached hydrogen (secondary N) is 1. The Kier molecular flexibility index (Phi) is 2.72. The van der Waals surface area contributed by atoms with Crippen LogP contribution in [0, 0.1) is 0 Å². The third kappa shape index (κ3) is 1.69. The maximum absolute atomic E-state index is 11.2. The van der Waals surface area contributed by atoms with Crippen molar-refractivity contribution in [1.29, 1.82) is 0 Å². The summed E-state index contributed by atoms with van der Waals surface area (Å²) < 4.78 is 4.60. The van der Waals surface area contributed by atoms with Crippen molar-refractivity contribution < 1.29 is 14.3 Å². The van der Waals surface area contributed by atoms with Crippen LogP contribution in [-0.4, -0.2) is 24.3 Å². The van der Waals surface area contributed by atoms with Gasteiger partial charge in [-0.2, -0.15) is 0 Å². The SMILES string of the molecule is COC(=O)Cc1c(C=O)[nH]c2ccccc12. The van der Waals surface area contributed by atoms with Gasteiger partial charge in [0.25, 0.3) is 0 Å². The molecule has 0 aliphatic rings. The van der Waals surface area contributed by atoms with Gasteiger partial charge in [-0.25, -0.2) is 0 Å². The zero-order chi connectivity index (χ0) is 11.5. The zero-order valence-electron chi connectivity index (χ0n) is 8.82. The summed E-state index contributed by atoms with van der Waals surface area (Å²) in [5, 5.41) is 0.884. The minimum absolute atomic E-state index is 0.106. The first kappa shape index (κ1) is 10.4. The van der Waals surface area contributed by atoms with Crippen LogP contribution in [0.25, 0.3) is 10.9 Å². The van der Waals surface area contributed by atoms with E-state index in [9.17, 15) is 9.59 Å². The Balaban J connectivity index is 2.55. The average Bonchev–Trinajstić information content (AvgIpc) is 2.67. The third-order valence-corrected chi connectivity index (χ3v) is 2.51. The number of aromatic nitrogens is 1. The topological polar surface area (TPSA) is 59.2 Å². The summed E-state index contributed by atoms with van der Waals surface area (Å²) in [6.07, 6.45) is 0.826. The number of methoxy groups -OCH3 is 1. The number of rotatable bonds is 3. The molecule has 0 saturated heterocycles. The van der Waals surface area contributed by atoms with Crippen molar-refractivity contribution in [2.24, 2.45) is 0 Å². The first-order valence-electron chi connectivity index (χ1n) is 4.88. The van der Waals surface area contributed by atoms with E-state index in [0.29, 0.717) is 11.3 Å². The number of fused-ring (bicyclic) bond motifs is 1. The van der Waals surface area contributed by atoms with Gasteiger partial charge in [0.2, 0.25) is 0 Å².